The van der Waals surface area contributed by atoms with Crippen LogP contribution in [0.5, 0.6) is 0 Å². The Labute approximate surface area is 222 Å². The number of urea groups is 1. The molecule has 3 amide bonds. The minimum Gasteiger partial charge on any atom is -0.384 e. The van der Waals surface area contributed by atoms with Crippen molar-refractivity contribution in [1.29, 1.82) is 0 Å². The number of aliphatic hydroxyl groups excluding tert-OH is 1. The number of amides is 3. The molecule has 10 heteroatoms. The first kappa shape index (κ1) is 28.1. The van der Waals surface area contributed by atoms with E-state index in [0.29, 0.717) is 18.2 Å². The van der Waals surface area contributed by atoms with Gasteiger partial charge in [-0.25, -0.2) is 4.79 Å². The molecule has 0 heterocycles. The highest BCUT2D eigenvalue weighted by Gasteiger charge is 2.27. The zero-order valence-electron chi connectivity index (χ0n) is 20.7. The maximum absolute atomic E-state index is 13.1. The van der Waals surface area contributed by atoms with Gasteiger partial charge in [-0.3, -0.25) is 4.79 Å². The molecule has 2 aromatic carbocycles. The van der Waals surface area contributed by atoms with Crippen LogP contribution in [0.15, 0.2) is 36.4 Å². The number of methoxy groups -OCH3 is 1. The minimum atomic E-state index is -1.37. The van der Waals surface area contributed by atoms with Gasteiger partial charge in [0.15, 0.2) is 6.29 Å². The third-order valence-electron chi connectivity index (χ3n) is 6.18. The van der Waals surface area contributed by atoms with Crippen molar-refractivity contribution in [2.45, 2.75) is 51.5 Å². The number of hydrogen-bond acceptors (Lipinski definition) is 5. The molecule has 36 heavy (non-hydrogen) atoms. The summed E-state index contributed by atoms with van der Waals surface area (Å²) in [5.74, 6) is -0.0821. The molecular formula is C26H34Cl2N4O4. The van der Waals surface area contributed by atoms with Crippen LogP contribution in [0.2, 0.25) is 10.0 Å². The summed E-state index contributed by atoms with van der Waals surface area (Å²) >= 11 is 12.8. The fourth-order valence-electron chi connectivity index (χ4n) is 4.14. The van der Waals surface area contributed by atoms with Gasteiger partial charge in [0.1, 0.15) is 0 Å². The number of carbonyl (C=O) groups is 2. The van der Waals surface area contributed by atoms with Gasteiger partial charge in [0.25, 0.3) is 5.91 Å². The lowest BCUT2D eigenvalue weighted by Crippen LogP contribution is -2.52. The average Bonchev–Trinajstić information content (AvgIpc) is 3.25. The number of aliphatic hydroxyl groups is 1. The van der Waals surface area contributed by atoms with Crippen LogP contribution in [0.1, 0.15) is 54.2 Å². The van der Waals surface area contributed by atoms with Gasteiger partial charge in [-0.05, 0) is 48.4 Å². The van der Waals surface area contributed by atoms with Crippen molar-refractivity contribution < 1.29 is 19.4 Å². The molecule has 1 aliphatic carbocycles. The number of aryl methyl sites for hydroxylation is 1. The summed E-state index contributed by atoms with van der Waals surface area (Å²) in [6.07, 6.45) is 1.27. The highest BCUT2D eigenvalue weighted by Crippen LogP contribution is 2.32. The molecule has 0 spiro atoms. The molecule has 0 aliphatic heterocycles. The SMILES string of the molecule is COC(O)C(CNC(=O)N[C@@H]1CCc2ccccc21)NC(=O)c1c(Cl)ccc(NCCC(C)C)c1Cl. The fourth-order valence-corrected chi connectivity index (χ4v) is 4.75. The molecule has 0 bridgehead atoms. The summed E-state index contributed by atoms with van der Waals surface area (Å²) in [5, 5.41) is 22.2. The van der Waals surface area contributed by atoms with Crippen molar-refractivity contribution in [3.05, 3.63) is 63.1 Å². The molecule has 0 aromatic heterocycles. The molecule has 2 aromatic rings. The molecule has 0 fully saturated rings. The van der Waals surface area contributed by atoms with E-state index in [1.165, 1.54) is 12.7 Å². The number of rotatable bonds is 11. The Morgan fingerprint density at radius 1 is 1.17 bits per heavy atom. The second-order valence-electron chi connectivity index (χ2n) is 9.24. The molecule has 0 radical (unpaired) electrons. The number of benzene rings is 2. The molecule has 2 unspecified atom stereocenters. The van der Waals surface area contributed by atoms with E-state index in [9.17, 15) is 14.7 Å². The van der Waals surface area contributed by atoms with Crippen molar-refractivity contribution in [2.24, 2.45) is 5.92 Å². The zero-order valence-corrected chi connectivity index (χ0v) is 22.2. The van der Waals surface area contributed by atoms with Crippen LogP contribution < -0.4 is 21.3 Å². The number of nitrogens with one attached hydrogen (secondary N) is 4. The first-order chi connectivity index (χ1) is 17.2. The molecular weight excluding hydrogens is 503 g/mol. The topological polar surface area (TPSA) is 112 Å². The monoisotopic (exact) mass is 536 g/mol. The van der Waals surface area contributed by atoms with Crippen LogP contribution in [0.25, 0.3) is 0 Å². The third kappa shape index (κ3) is 7.26. The normalized spacial score (nSPS) is 16.2. The summed E-state index contributed by atoms with van der Waals surface area (Å²) in [7, 11) is 1.30. The maximum Gasteiger partial charge on any atom is 0.315 e. The summed E-state index contributed by atoms with van der Waals surface area (Å²) < 4.78 is 5.01. The second kappa shape index (κ2) is 13.1. The number of anilines is 1. The van der Waals surface area contributed by atoms with Crippen LogP contribution in [0.4, 0.5) is 10.5 Å². The maximum atomic E-state index is 13.1. The lowest BCUT2D eigenvalue weighted by atomic mass is 10.1. The van der Waals surface area contributed by atoms with Gasteiger partial charge in [-0.2, -0.15) is 0 Å². The summed E-state index contributed by atoms with van der Waals surface area (Å²) in [4.78, 5) is 25.7. The Morgan fingerprint density at radius 2 is 1.92 bits per heavy atom. The van der Waals surface area contributed by atoms with Crippen molar-refractivity contribution >= 4 is 40.8 Å². The Kier molecular flexibility index (Phi) is 10.2. The Balaban J connectivity index is 1.63. The van der Waals surface area contributed by atoms with Gasteiger partial charge < -0.3 is 31.1 Å². The lowest BCUT2D eigenvalue weighted by Gasteiger charge is -2.25. The van der Waals surface area contributed by atoms with Crippen molar-refractivity contribution in [3.63, 3.8) is 0 Å². The van der Waals surface area contributed by atoms with E-state index < -0.39 is 24.3 Å². The van der Waals surface area contributed by atoms with Gasteiger partial charge in [0.05, 0.1) is 33.4 Å². The average molecular weight is 537 g/mol. The van der Waals surface area contributed by atoms with E-state index in [-0.39, 0.29) is 28.2 Å². The summed E-state index contributed by atoms with van der Waals surface area (Å²) in [6.45, 7) is 4.84. The molecule has 0 saturated heterocycles. The molecule has 196 valence electrons. The Hall–Kier alpha value is -2.52. The number of carbonyl (C=O) groups excluding carboxylic acids is 2. The predicted molar refractivity (Wildman–Crippen MR) is 143 cm³/mol. The molecule has 5 N–H and O–H groups in total. The number of halogens is 2. The van der Waals surface area contributed by atoms with Crippen molar-refractivity contribution in [1.82, 2.24) is 16.0 Å². The van der Waals surface area contributed by atoms with E-state index in [4.69, 9.17) is 27.9 Å². The molecule has 3 rings (SSSR count). The molecule has 3 atom stereocenters. The largest absolute Gasteiger partial charge is 0.384 e. The molecule has 8 nitrogen and oxygen atoms in total. The van der Waals surface area contributed by atoms with E-state index in [0.717, 1.165) is 24.8 Å². The highest BCUT2D eigenvalue weighted by atomic mass is 35.5. The van der Waals surface area contributed by atoms with E-state index in [1.807, 2.05) is 18.2 Å². The van der Waals surface area contributed by atoms with Gasteiger partial charge in [-0.1, -0.05) is 61.3 Å². The quantitative estimate of drug-likeness (QED) is 0.271. The van der Waals surface area contributed by atoms with Gasteiger partial charge in [-0.15, -0.1) is 0 Å². The van der Waals surface area contributed by atoms with E-state index in [1.54, 1.807) is 12.1 Å². The van der Waals surface area contributed by atoms with Crippen molar-refractivity contribution in [2.75, 3.05) is 25.5 Å². The van der Waals surface area contributed by atoms with E-state index in [2.05, 4.69) is 41.2 Å². The van der Waals surface area contributed by atoms with E-state index >= 15 is 0 Å². The predicted octanol–water partition coefficient (Wildman–Crippen LogP) is 4.50. The van der Waals surface area contributed by atoms with Gasteiger partial charge in [0, 0.05) is 20.2 Å². The smallest absolute Gasteiger partial charge is 0.315 e. The Bertz CT molecular complexity index is 1070. The van der Waals surface area contributed by atoms with Crippen molar-refractivity contribution in [3.8, 4) is 0 Å². The van der Waals surface area contributed by atoms with Crippen LogP contribution in [0.3, 0.4) is 0 Å². The molecule has 1 aliphatic rings. The first-order valence-corrected chi connectivity index (χ1v) is 12.8. The Morgan fingerprint density at radius 3 is 2.64 bits per heavy atom. The van der Waals surface area contributed by atoms with Gasteiger partial charge in [0.2, 0.25) is 0 Å². The second-order valence-corrected chi connectivity index (χ2v) is 10.0. The lowest BCUT2D eigenvalue weighted by molar-refractivity contribution is -0.0937. The number of ether oxygens (including phenoxy) is 1. The van der Waals surface area contributed by atoms with Crippen LogP contribution >= 0.6 is 23.2 Å². The summed E-state index contributed by atoms with van der Waals surface area (Å²) in [6, 6.07) is 9.85. The summed E-state index contributed by atoms with van der Waals surface area (Å²) in [5.41, 5.74) is 2.98. The zero-order chi connectivity index (χ0) is 26.2. The number of fused-ring (bicyclic) bond motifs is 1. The van der Waals surface area contributed by atoms with Gasteiger partial charge >= 0.3 is 6.03 Å². The number of hydrogen-bond donors (Lipinski definition) is 5. The van der Waals surface area contributed by atoms with Crippen LogP contribution in [-0.4, -0.2) is 49.6 Å². The third-order valence-corrected chi connectivity index (χ3v) is 6.89. The van der Waals surface area contributed by atoms with Crippen LogP contribution in [0, 0.1) is 5.92 Å². The minimum absolute atomic E-state index is 0.0770. The first-order valence-electron chi connectivity index (χ1n) is 12.1. The van der Waals surface area contributed by atoms with Crippen LogP contribution in [-0.2, 0) is 11.2 Å². The highest BCUT2D eigenvalue weighted by molar-refractivity contribution is 6.41. The molecule has 0 saturated carbocycles. The standard InChI is InChI=1S/C26H34Cl2N4O4/c1-15(2)12-13-29-20-11-9-18(27)22(23(20)28)24(33)31-21(25(34)36-3)14-30-26(35)32-19-10-8-16-6-4-5-7-17(16)19/h4-7,9,11,15,19,21,25,29,34H,8,10,12-14H2,1-3H3,(H,31,33)(H2,30,32,35)/t19-,21?,25?/m1/s1. The fraction of sp³-hybridized carbons (Fsp3) is 0.462.